The molecule has 2 aromatic rings. The van der Waals surface area contributed by atoms with Gasteiger partial charge < -0.3 is 4.74 Å². The standard InChI is InChI=1S/C17H17ClN2OS/c1-3-17(2)20-14(10-13(19-20)16-5-4-8-22-16)12-9-11(18)6-7-15(12)21-17/h4-9,14H,3,10H2,1-2H3/t14-,17+/m0/s1. The van der Waals surface area contributed by atoms with Crippen molar-refractivity contribution in [3.8, 4) is 5.75 Å². The monoisotopic (exact) mass is 332 g/mol. The highest BCUT2D eigenvalue weighted by molar-refractivity contribution is 7.12. The summed E-state index contributed by atoms with van der Waals surface area (Å²) in [7, 11) is 0. The van der Waals surface area contributed by atoms with E-state index in [0.717, 1.165) is 34.9 Å². The summed E-state index contributed by atoms with van der Waals surface area (Å²) < 4.78 is 6.27. The van der Waals surface area contributed by atoms with Crippen molar-refractivity contribution in [2.45, 2.75) is 38.5 Å². The molecule has 2 atom stereocenters. The Balaban J connectivity index is 1.81. The molecule has 0 amide bonds. The maximum absolute atomic E-state index is 6.27. The van der Waals surface area contributed by atoms with Gasteiger partial charge >= 0.3 is 0 Å². The van der Waals surface area contributed by atoms with Crippen LogP contribution in [0.5, 0.6) is 5.75 Å². The van der Waals surface area contributed by atoms with Gasteiger partial charge in [0, 0.05) is 23.4 Å². The van der Waals surface area contributed by atoms with Crippen LogP contribution in [0, 0.1) is 0 Å². The van der Waals surface area contributed by atoms with Crippen molar-refractivity contribution in [1.82, 2.24) is 5.01 Å². The SMILES string of the molecule is CC[C@@]1(C)Oc2ccc(Cl)cc2[C@@H]2CC(c3cccs3)=NN21. The van der Waals surface area contributed by atoms with Crippen LogP contribution in [0.2, 0.25) is 5.02 Å². The number of hydrogen-bond acceptors (Lipinski definition) is 4. The predicted molar refractivity (Wildman–Crippen MR) is 90.8 cm³/mol. The highest BCUT2D eigenvalue weighted by Crippen LogP contribution is 2.48. The van der Waals surface area contributed by atoms with Crippen LogP contribution < -0.4 is 4.74 Å². The van der Waals surface area contributed by atoms with E-state index < -0.39 is 5.72 Å². The van der Waals surface area contributed by atoms with Crippen LogP contribution in [0.25, 0.3) is 0 Å². The van der Waals surface area contributed by atoms with E-state index in [1.807, 2.05) is 18.2 Å². The highest BCUT2D eigenvalue weighted by Gasteiger charge is 2.46. The third-order valence-corrected chi connectivity index (χ3v) is 5.67. The summed E-state index contributed by atoms with van der Waals surface area (Å²) in [5, 5.41) is 9.86. The molecule has 0 aliphatic carbocycles. The molecule has 5 heteroatoms. The second-order valence-electron chi connectivity index (χ2n) is 5.90. The van der Waals surface area contributed by atoms with E-state index in [2.05, 4.69) is 36.4 Å². The fourth-order valence-corrected chi connectivity index (χ4v) is 4.07. The minimum absolute atomic E-state index is 0.199. The number of hydrogen-bond donors (Lipinski definition) is 0. The van der Waals surface area contributed by atoms with Crippen molar-refractivity contribution >= 4 is 28.6 Å². The average Bonchev–Trinajstić information content (AvgIpc) is 3.17. The molecule has 0 unspecified atom stereocenters. The van der Waals surface area contributed by atoms with Crippen molar-refractivity contribution < 1.29 is 4.74 Å². The summed E-state index contributed by atoms with van der Waals surface area (Å²) in [6.45, 7) is 4.25. The smallest absolute Gasteiger partial charge is 0.195 e. The molecule has 0 bridgehead atoms. The summed E-state index contributed by atoms with van der Waals surface area (Å²) in [4.78, 5) is 1.23. The summed E-state index contributed by atoms with van der Waals surface area (Å²) in [6, 6.07) is 10.3. The molecule has 2 aliphatic heterocycles. The van der Waals surface area contributed by atoms with Crippen LogP contribution in [0.3, 0.4) is 0 Å². The zero-order valence-electron chi connectivity index (χ0n) is 12.5. The lowest BCUT2D eigenvalue weighted by Gasteiger charge is -2.45. The number of thiophene rings is 1. The molecular weight excluding hydrogens is 316 g/mol. The van der Waals surface area contributed by atoms with Gasteiger partial charge in [-0.05, 0) is 36.6 Å². The Bertz CT molecular complexity index is 743. The van der Waals surface area contributed by atoms with E-state index >= 15 is 0 Å². The lowest BCUT2D eigenvalue weighted by atomic mass is 9.96. The second kappa shape index (κ2) is 5.00. The van der Waals surface area contributed by atoms with Crippen molar-refractivity contribution in [2.75, 3.05) is 0 Å². The molecule has 0 spiro atoms. The summed E-state index contributed by atoms with van der Waals surface area (Å²) in [5.41, 5.74) is 1.86. The fourth-order valence-electron chi connectivity index (χ4n) is 3.17. The van der Waals surface area contributed by atoms with Gasteiger partial charge in [-0.2, -0.15) is 5.10 Å². The van der Waals surface area contributed by atoms with E-state index in [0.29, 0.717) is 0 Å². The lowest BCUT2D eigenvalue weighted by molar-refractivity contribution is -0.108. The number of fused-ring (bicyclic) bond motifs is 3. The Kier molecular flexibility index (Phi) is 3.20. The van der Waals surface area contributed by atoms with Gasteiger partial charge in [0.2, 0.25) is 0 Å². The third kappa shape index (κ3) is 2.05. The molecule has 3 nitrogen and oxygen atoms in total. The zero-order valence-corrected chi connectivity index (χ0v) is 14.1. The Labute approximate surface area is 139 Å². The summed E-state index contributed by atoms with van der Waals surface area (Å²) >= 11 is 7.93. The molecular formula is C17H17ClN2OS. The van der Waals surface area contributed by atoms with Gasteiger partial charge in [0.05, 0.1) is 16.6 Å². The molecule has 0 N–H and O–H groups in total. The van der Waals surface area contributed by atoms with Crippen LogP contribution in [0.15, 0.2) is 40.8 Å². The van der Waals surface area contributed by atoms with Crippen LogP contribution in [-0.4, -0.2) is 16.4 Å². The van der Waals surface area contributed by atoms with Crippen molar-refractivity contribution in [2.24, 2.45) is 5.10 Å². The van der Waals surface area contributed by atoms with Crippen LogP contribution >= 0.6 is 22.9 Å². The van der Waals surface area contributed by atoms with Crippen LogP contribution in [-0.2, 0) is 0 Å². The summed E-state index contributed by atoms with van der Waals surface area (Å²) in [6.07, 6.45) is 1.76. The molecule has 4 rings (SSSR count). The maximum atomic E-state index is 6.27. The molecule has 0 fully saturated rings. The maximum Gasteiger partial charge on any atom is 0.195 e. The van der Waals surface area contributed by atoms with Gasteiger partial charge in [-0.1, -0.05) is 24.6 Å². The minimum atomic E-state index is -0.412. The Morgan fingerprint density at radius 1 is 1.45 bits per heavy atom. The topological polar surface area (TPSA) is 24.8 Å². The molecule has 0 radical (unpaired) electrons. The minimum Gasteiger partial charge on any atom is -0.466 e. The largest absolute Gasteiger partial charge is 0.466 e. The number of rotatable bonds is 2. The van der Waals surface area contributed by atoms with Crippen LogP contribution in [0.1, 0.15) is 43.2 Å². The Morgan fingerprint density at radius 3 is 3.05 bits per heavy atom. The van der Waals surface area contributed by atoms with Crippen molar-refractivity contribution in [3.63, 3.8) is 0 Å². The van der Waals surface area contributed by atoms with Gasteiger partial charge in [0.15, 0.2) is 5.72 Å². The predicted octanol–water partition coefficient (Wildman–Crippen LogP) is 5.07. The molecule has 114 valence electrons. The third-order valence-electron chi connectivity index (χ3n) is 4.52. The molecule has 0 saturated carbocycles. The number of hydrazone groups is 1. The molecule has 1 aromatic carbocycles. The lowest BCUT2D eigenvalue weighted by Crippen LogP contribution is -2.50. The van der Waals surface area contributed by atoms with Gasteiger partial charge in [0.1, 0.15) is 5.75 Å². The molecule has 3 heterocycles. The zero-order chi connectivity index (χ0) is 15.3. The van der Waals surface area contributed by atoms with Gasteiger partial charge in [0.25, 0.3) is 0 Å². The first-order chi connectivity index (χ1) is 10.6. The number of ether oxygens (including phenoxy) is 1. The fraction of sp³-hybridized carbons (Fsp3) is 0.353. The number of halogens is 1. The molecule has 22 heavy (non-hydrogen) atoms. The van der Waals surface area contributed by atoms with E-state index in [9.17, 15) is 0 Å². The quantitative estimate of drug-likeness (QED) is 0.766. The number of benzene rings is 1. The van der Waals surface area contributed by atoms with Crippen molar-refractivity contribution in [3.05, 3.63) is 51.2 Å². The number of nitrogens with zero attached hydrogens (tertiary/aromatic N) is 2. The summed E-state index contributed by atoms with van der Waals surface area (Å²) in [5.74, 6) is 0.928. The van der Waals surface area contributed by atoms with Gasteiger partial charge in [-0.15, -0.1) is 11.3 Å². The molecule has 1 aromatic heterocycles. The highest BCUT2D eigenvalue weighted by atomic mass is 35.5. The Morgan fingerprint density at radius 2 is 2.32 bits per heavy atom. The van der Waals surface area contributed by atoms with Crippen LogP contribution in [0.4, 0.5) is 0 Å². The normalized spacial score (nSPS) is 26.2. The first-order valence-corrected chi connectivity index (χ1v) is 8.75. The van der Waals surface area contributed by atoms with Gasteiger partial charge in [-0.25, -0.2) is 5.01 Å². The van der Waals surface area contributed by atoms with Crippen molar-refractivity contribution in [1.29, 1.82) is 0 Å². The molecule has 2 aliphatic rings. The first-order valence-electron chi connectivity index (χ1n) is 7.50. The average molecular weight is 333 g/mol. The van der Waals surface area contributed by atoms with E-state index in [1.54, 1.807) is 11.3 Å². The first kappa shape index (κ1) is 14.1. The van der Waals surface area contributed by atoms with E-state index in [4.69, 9.17) is 21.4 Å². The van der Waals surface area contributed by atoms with E-state index in [1.165, 1.54) is 4.88 Å². The second-order valence-corrected chi connectivity index (χ2v) is 7.29. The van der Waals surface area contributed by atoms with Gasteiger partial charge in [-0.3, -0.25) is 0 Å². The Hall–Kier alpha value is -1.52. The molecule has 0 saturated heterocycles. The van der Waals surface area contributed by atoms with E-state index in [-0.39, 0.29) is 6.04 Å².